The zero-order valence-electron chi connectivity index (χ0n) is 7.05. The Labute approximate surface area is 76.4 Å². The molecule has 1 aromatic heterocycles. The highest BCUT2D eigenvalue weighted by Crippen LogP contribution is 1.99. The number of aryl methyl sites for hydroxylation is 1. The van der Waals surface area contributed by atoms with E-state index < -0.39 is 0 Å². The van der Waals surface area contributed by atoms with Gasteiger partial charge in [0.05, 0.1) is 12.7 Å². The highest BCUT2D eigenvalue weighted by atomic mass is 32.1. The van der Waals surface area contributed by atoms with Crippen molar-refractivity contribution in [1.29, 1.82) is 0 Å². The van der Waals surface area contributed by atoms with Crippen LogP contribution in [-0.4, -0.2) is 17.1 Å². The van der Waals surface area contributed by atoms with Crippen LogP contribution in [0, 0.1) is 6.92 Å². The zero-order valence-corrected chi connectivity index (χ0v) is 7.86. The van der Waals surface area contributed by atoms with E-state index in [4.69, 9.17) is 16.6 Å². The molecule has 0 aliphatic heterocycles. The number of aromatic nitrogens is 1. The predicted molar refractivity (Wildman–Crippen MR) is 49.7 cm³/mol. The predicted octanol–water partition coefficient (Wildman–Crippen LogP) is 0.577. The Kier molecular flexibility index (Phi) is 3.04. The summed E-state index contributed by atoms with van der Waals surface area (Å²) in [6, 6.07) is 0. The molecular formula is C7H11N3OS. The molecule has 0 bridgehead atoms. The molecule has 66 valence electrons. The monoisotopic (exact) mass is 185 g/mol. The van der Waals surface area contributed by atoms with Gasteiger partial charge < -0.3 is 15.1 Å². The normalized spacial score (nSPS) is 9.50. The number of thiocarbonyl (C=S) groups is 1. The lowest BCUT2D eigenvalue weighted by Crippen LogP contribution is -2.31. The van der Waals surface area contributed by atoms with E-state index in [-0.39, 0.29) is 0 Å². The highest BCUT2D eigenvalue weighted by molar-refractivity contribution is 7.80. The van der Waals surface area contributed by atoms with Crippen LogP contribution < -0.4 is 10.6 Å². The third-order valence-corrected chi connectivity index (χ3v) is 1.64. The van der Waals surface area contributed by atoms with Gasteiger partial charge in [-0.05, 0) is 19.1 Å². The second-order valence-corrected chi connectivity index (χ2v) is 2.71. The van der Waals surface area contributed by atoms with E-state index in [0.717, 1.165) is 5.76 Å². The van der Waals surface area contributed by atoms with E-state index in [1.165, 1.54) is 0 Å². The standard InChI is InChI=1S/C7H11N3OS/c1-5-3-9-6(11-5)4-10-7(12)8-2/h3H,4H2,1-2H3,(H2,8,10,12). The van der Waals surface area contributed by atoms with Crippen LogP contribution in [0.5, 0.6) is 0 Å². The van der Waals surface area contributed by atoms with Crippen LogP contribution >= 0.6 is 12.2 Å². The molecule has 0 fully saturated rings. The molecule has 0 amide bonds. The first kappa shape index (κ1) is 8.99. The van der Waals surface area contributed by atoms with Gasteiger partial charge in [-0.2, -0.15) is 0 Å². The molecule has 2 N–H and O–H groups in total. The average Bonchev–Trinajstić information content (AvgIpc) is 2.47. The van der Waals surface area contributed by atoms with Gasteiger partial charge in [0.1, 0.15) is 5.76 Å². The number of rotatable bonds is 2. The summed E-state index contributed by atoms with van der Waals surface area (Å²) >= 11 is 4.87. The third-order valence-electron chi connectivity index (χ3n) is 1.30. The van der Waals surface area contributed by atoms with Crippen molar-refractivity contribution in [3.63, 3.8) is 0 Å². The van der Waals surface area contributed by atoms with E-state index in [9.17, 15) is 0 Å². The van der Waals surface area contributed by atoms with E-state index in [0.29, 0.717) is 17.5 Å². The van der Waals surface area contributed by atoms with Crippen molar-refractivity contribution >= 4 is 17.3 Å². The minimum atomic E-state index is 0.521. The minimum absolute atomic E-state index is 0.521. The second-order valence-electron chi connectivity index (χ2n) is 2.30. The third kappa shape index (κ3) is 2.50. The fourth-order valence-corrected chi connectivity index (χ4v) is 0.800. The molecule has 0 aromatic carbocycles. The number of hydrogen-bond acceptors (Lipinski definition) is 3. The van der Waals surface area contributed by atoms with Crippen LogP contribution in [0.1, 0.15) is 11.7 Å². The highest BCUT2D eigenvalue weighted by Gasteiger charge is 1.99. The summed E-state index contributed by atoms with van der Waals surface area (Å²) < 4.78 is 5.22. The summed E-state index contributed by atoms with van der Waals surface area (Å²) in [5.74, 6) is 1.45. The lowest BCUT2D eigenvalue weighted by Gasteiger charge is -2.02. The van der Waals surface area contributed by atoms with Crippen LogP contribution in [0.15, 0.2) is 10.6 Å². The maximum Gasteiger partial charge on any atom is 0.213 e. The molecule has 0 aliphatic rings. The molecule has 0 unspecified atom stereocenters. The summed E-state index contributed by atoms with van der Waals surface area (Å²) in [5.41, 5.74) is 0. The van der Waals surface area contributed by atoms with Crippen LogP contribution in [0.25, 0.3) is 0 Å². The van der Waals surface area contributed by atoms with Gasteiger partial charge >= 0.3 is 0 Å². The first-order valence-corrected chi connectivity index (χ1v) is 4.00. The Bertz CT molecular complexity index is 271. The van der Waals surface area contributed by atoms with Crippen molar-refractivity contribution in [2.45, 2.75) is 13.5 Å². The summed E-state index contributed by atoms with van der Waals surface area (Å²) in [6.45, 7) is 2.38. The van der Waals surface area contributed by atoms with Gasteiger partial charge in [-0.25, -0.2) is 4.98 Å². The maximum atomic E-state index is 5.22. The first-order valence-electron chi connectivity index (χ1n) is 3.59. The largest absolute Gasteiger partial charge is 0.444 e. The lowest BCUT2D eigenvalue weighted by atomic mass is 10.6. The van der Waals surface area contributed by atoms with Crippen molar-refractivity contribution in [3.05, 3.63) is 17.8 Å². The smallest absolute Gasteiger partial charge is 0.213 e. The number of oxazole rings is 1. The molecule has 1 heterocycles. The van der Waals surface area contributed by atoms with Gasteiger partial charge in [0.25, 0.3) is 0 Å². The van der Waals surface area contributed by atoms with Gasteiger partial charge in [-0.3, -0.25) is 0 Å². The molecule has 0 radical (unpaired) electrons. The summed E-state index contributed by atoms with van der Waals surface area (Å²) in [4.78, 5) is 4.01. The number of nitrogens with one attached hydrogen (secondary N) is 2. The van der Waals surface area contributed by atoms with E-state index in [1.54, 1.807) is 13.2 Å². The van der Waals surface area contributed by atoms with Crippen molar-refractivity contribution in [1.82, 2.24) is 15.6 Å². The van der Waals surface area contributed by atoms with Crippen LogP contribution in [0.3, 0.4) is 0 Å². The fraction of sp³-hybridized carbons (Fsp3) is 0.429. The maximum absolute atomic E-state index is 5.22. The zero-order chi connectivity index (χ0) is 8.97. The van der Waals surface area contributed by atoms with E-state index in [1.807, 2.05) is 6.92 Å². The first-order chi connectivity index (χ1) is 5.72. The lowest BCUT2D eigenvalue weighted by molar-refractivity contribution is 0.465. The number of nitrogens with zero attached hydrogens (tertiary/aromatic N) is 1. The quantitative estimate of drug-likeness (QED) is 0.660. The SMILES string of the molecule is CNC(=S)NCc1ncc(C)o1. The van der Waals surface area contributed by atoms with Crippen LogP contribution in [-0.2, 0) is 6.54 Å². The van der Waals surface area contributed by atoms with Crippen molar-refractivity contribution < 1.29 is 4.42 Å². The van der Waals surface area contributed by atoms with Gasteiger partial charge in [0.2, 0.25) is 5.89 Å². The van der Waals surface area contributed by atoms with Crippen LogP contribution in [0.2, 0.25) is 0 Å². The molecule has 0 aliphatic carbocycles. The molecule has 1 aromatic rings. The number of hydrogen-bond donors (Lipinski definition) is 2. The molecule has 12 heavy (non-hydrogen) atoms. The second kappa shape index (κ2) is 4.06. The Morgan fingerprint density at radius 3 is 3.00 bits per heavy atom. The van der Waals surface area contributed by atoms with Gasteiger partial charge in [-0.15, -0.1) is 0 Å². The Hall–Kier alpha value is -1.10. The molecule has 4 nitrogen and oxygen atoms in total. The minimum Gasteiger partial charge on any atom is -0.444 e. The van der Waals surface area contributed by atoms with E-state index in [2.05, 4.69) is 15.6 Å². The molecule has 0 atom stereocenters. The summed E-state index contributed by atoms with van der Waals surface area (Å²) in [6.07, 6.45) is 1.68. The van der Waals surface area contributed by atoms with Crippen molar-refractivity contribution in [3.8, 4) is 0 Å². The molecule has 0 saturated carbocycles. The molecule has 1 rings (SSSR count). The summed E-state index contributed by atoms with van der Waals surface area (Å²) in [5, 5.41) is 6.31. The Morgan fingerprint density at radius 2 is 2.50 bits per heavy atom. The topological polar surface area (TPSA) is 50.1 Å². The Morgan fingerprint density at radius 1 is 1.75 bits per heavy atom. The van der Waals surface area contributed by atoms with Gasteiger partial charge in [0.15, 0.2) is 5.11 Å². The molecule has 5 heteroatoms. The van der Waals surface area contributed by atoms with Gasteiger partial charge in [0, 0.05) is 7.05 Å². The molecule has 0 spiro atoms. The average molecular weight is 185 g/mol. The molecule has 0 saturated heterocycles. The van der Waals surface area contributed by atoms with Crippen LogP contribution in [0.4, 0.5) is 0 Å². The van der Waals surface area contributed by atoms with Crippen molar-refractivity contribution in [2.24, 2.45) is 0 Å². The fourth-order valence-electron chi connectivity index (χ4n) is 0.727. The van der Waals surface area contributed by atoms with E-state index >= 15 is 0 Å². The Balaban J connectivity index is 2.38. The van der Waals surface area contributed by atoms with Gasteiger partial charge in [-0.1, -0.05) is 0 Å². The van der Waals surface area contributed by atoms with Crippen molar-refractivity contribution in [2.75, 3.05) is 7.05 Å². The summed E-state index contributed by atoms with van der Waals surface area (Å²) in [7, 11) is 1.76. The molecular weight excluding hydrogens is 174 g/mol.